The summed E-state index contributed by atoms with van der Waals surface area (Å²) in [6, 6.07) is 3.09. The third kappa shape index (κ3) is 3.05. The number of pyridine rings is 1. The number of primary amides is 1. The minimum absolute atomic E-state index is 0.114. The van der Waals surface area contributed by atoms with Crippen molar-refractivity contribution in [3.63, 3.8) is 0 Å². The lowest BCUT2D eigenvalue weighted by molar-refractivity contribution is 0.0936. The summed E-state index contributed by atoms with van der Waals surface area (Å²) in [5.74, 6) is -0.799. The van der Waals surface area contributed by atoms with Crippen LogP contribution in [0.1, 0.15) is 41.1 Å². The van der Waals surface area contributed by atoms with Crippen molar-refractivity contribution >= 4 is 11.8 Å². The van der Waals surface area contributed by atoms with Gasteiger partial charge in [0.05, 0.1) is 5.56 Å². The summed E-state index contributed by atoms with van der Waals surface area (Å²) in [6.07, 6.45) is 2.20. The minimum atomic E-state index is -0.603. The monoisotopic (exact) mass is 221 g/mol. The molecule has 0 aliphatic rings. The molecule has 1 aromatic rings. The van der Waals surface area contributed by atoms with E-state index in [1.54, 1.807) is 0 Å². The summed E-state index contributed by atoms with van der Waals surface area (Å²) in [5.41, 5.74) is 5.61. The Morgan fingerprint density at radius 3 is 2.62 bits per heavy atom. The second-order valence-corrected chi connectivity index (χ2v) is 3.58. The van der Waals surface area contributed by atoms with Crippen LogP contribution >= 0.6 is 0 Å². The van der Waals surface area contributed by atoms with Crippen LogP contribution in [0.3, 0.4) is 0 Å². The van der Waals surface area contributed by atoms with E-state index in [4.69, 9.17) is 5.73 Å². The van der Waals surface area contributed by atoms with Crippen molar-refractivity contribution in [2.24, 2.45) is 5.73 Å². The molecule has 0 aromatic carbocycles. The zero-order valence-electron chi connectivity index (χ0n) is 9.36. The third-order valence-electron chi connectivity index (χ3n) is 2.27. The molecule has 16 heavy (non-hydrogen) atoms. The Kier molecular flexibility index (Phi) is 3.99. The van der Waals surface area contributed by atoms with Crippen LogP contribution in [0, 0.1) is 0 Å². The summed E-state index contributed by atoms with van der Waals surface area (Å²) in [4.78, 5) is 26.2. The number of hydrogen-bond donors (Lipinski definition) is 2. The maximum Gasteiger partial charge on any atom is 0.267 e. The number of hydrogen-bond acceptors (Lipinski definition) is 3. The van der Waals surface area contributed by atoms with Gasteiger partial charge in [-0.2, -0.15) is 0 Å². The molecular weight excluding hydrogens is 206 g/mol. The van der Waals surface area contributed by atoms with Crippen LogP contribution in [0.2, 0.25) is 0 Å². The van der Waals surface area contributed by atoms with Gasteiger partial charge in [0.15, 0.2) is 0 Å². The zero-order chi connectivity index (χ0) is 12.1. The Labute approximate surface area is 94.1 Å². The number of aromatic nitrogens is 1. The van der Waals surface area contributed by atoms with Crippen molar-refractivity contribution in [3.8, 4) is 0 Å². The van der Waals surface area contributed by atoms with E-state index in [1.165, 1.54) is 18.3 Å². The van der Waals surface area contributed by atoms with Gasteiger partial charge < -0.3 is 11.1 Å². The van der Waals surface area contributed by atoms with E-state index in [9.17, 15) is 9.59 Å². The van der Waals surface area contributed by atoms with Gasteiger partial charge in [-0.1, -0.05) is 6.92 Å². The number of carbonyl (C=O) groups is 2. The Bertz CT molecular complexity index is 387. The first kappa shape index (κ1) is 12.2. The number of carbonyl (C=O) groups excluding carboxylic acids is 2. The van der Waals surface area contributed by atoms with Gasteiger partial charge >= 0.3 is 0 Å². The van der Waals surface area contributed by atoms with Crippen molar-refractivity contribution in [3.05, 3.63) is 29.6 Å². The molecule has 0 saturated heterocycles. The van der Waals surface area contributed by atoms with E-state index < -0.39 is 5.91 Å². The molecule has 0 radical (unpaired) electrons. The molecule has 5 heteroatoms. The number of rotatable bonds is 4. The standard InChI is InChI=1S/C11H15N3O2/c1-3-7(2)14-11(16)8-4-5-9(10(12)15)13-6-8/h4-7H,3H2,1-2H3,(H2,12,15)(H,14,16). The molecule has 5 nitrogen and oxygen atoms in total. The normalized spacial score (nSPS) is 11.9. The summed E-state index contributed by atoms with van der Waals surface area (Å²) in [5, 5.41) is 2.80. The van der Waals surface area contributed by atoms with E-state index in [1.807, 2.05) is 13.8 Å². The Hall–Kier alpha value is -1.91. The average Bonchev–Trinajstić information content (AvgIpc) is 2.28. The highest BCUT2D eigenvalue weighted by Gasteiger charge is 2.09. The van der Waals surface area contributed by atoms with Gasteiger partial charge in [0.1, 0.15) is 5.69 Å². The van der Waals surface area contributed by atoms with E-state index in [0.29, 0.717) is 5.56 Å². The van der Waals surface area contributed by atoms with Gasteiger partial charge in [-0.25, -0.2) is 0 Å². The maximum atomic E-state index is 11.6. The lowest BCUT2D eigenvalue weighted by Gasteiger charge is -2.10. The zero-order valence-corrected chi connectivity index (χ0v) is 9.36. The quantitative estimate of drug-likeness (QED) is 0.785. The largest absolute Gasteiger partial charge is 0.364 e. The summed E-state index contributed by atoms with van der Waals surface area (Å²) < 4.78 is 0. The molecule has 1 rings (SSSR count). The fourth-order valence-corrected chi connectivity index (χ4v) is 1.08. The molecule has 1 aromatic heterocycles. The molecule has 2 amide bonds. The SMILES string of the molecule is CCC(C)NC(=O)c1ccc(C(N)=O)nc1. The summed E-state index contributed by atoms with van der Waals surface area (Å²) in [7, 11) is 0. The van der Waals surface area contributed by atoms with Crippen LogP contribution in [-0.2, 0) is 0 Å². The molecule has 1 heterocycles. The highest BCUT2D eigenvalue weighted by Crippen LogP contribution is 2.01. The van der Waals surface area contributed by atoms with Gasteiger partial charge in [0.2, 0.25) is 0 Å². The summed E-state index contributed by atoms with van der Waals surface area (Å²) >= 11 is 0. The molecule has 1 atom stereocenters. The molecule has 0 spiro atoms. The van der Waals surface area contributed by atoms with Gasteiger partial charge in [-0.05, 0) is 25.5 Å². The van der Waals surface area contributed by atoms with E-state index >= 15 is 0 Å². The van der Waals surface area contributed by atoms with Crippen molar-refractivity contribution in [1.29, 1.82) is 0 Å². The average molecular weight is 221 g/mol. The van der Waals surface area contributed by atoms with Crippen molar-refractivity contribution in [2.45, 2.75) is 26.3 Å². The molecule has 3 N–H and O–H groups in total. The lowest BCUT2D eigenvalue weighted by Crippen LogP contribution is -2.32. The lowest BCUT2D eigenvalue weighted by atomic mass is 10.2. The predicted octanol–water partition coefficient (Wildman–Crippen LogP) is 0.709. The van der Waals surface area contributed by atoms with Gasteiger partial charge in [-0.15, -0.1) is 0 Å². The predicted molar refractivity (Wildman–Crippen MR) is 60.0 cm³/mol. The summed E-state index contributed by atoms with van der Waals surface area (Å²) in [6.45, 7) is 3.91. The van der Waals surface area contributed by atoms with Gasteiger partial charge in [0.25, 0.3) is 11.8 Å². The van der Waals surface area contributed by atoms with E-state index in [2.05, 4.69) is 10.3 Å². The highest BCUT2D eigenvalue weighted by atomic mass is 16.2. The van der Waals surface area contributed by atoms with Crippen LogP contribution in [0.15, 0.2) is 18.3 Å². The maximum absolute atomic E-state index is 11.6. The van der Waals surface area contributed by atoms with E-state index in [0.717, 1.165) is 6.42 Å². The van der Waals surface area contributed by atoms with E-state index in [-0.39, 0.29) is 17.6 Å². The topological polar surface area (TPSA) is 85.1 Å². The van der Waals surface area contributed by atoms with Crippen molar-refractivity contribution in [1.82, 2.24) is 10.3 Å². The van der Waals surface area contributed by atoms with Gasteiger partial charge in [-0.3, -0.25) is 14.6 Å². The van der Waals surface area contributed by atoms with Crippen LogP contribution in [-0.4, -0.2) is 22.8 Å². The molecule has 0 aliphatic heterocycles. The Morgan fingerprint density at radius 2 is 2.19 bits per heavy atom. The second kappa shape index (κ2) is 5.25. The molecular formula is C11H15N3O2. The first-order valence-electron chi connectivity index (χ1n) is 5.11. The molecule has 0 bridgehead atoms. The van der Waals surface area contributed by atoms with Crippen LogP contribution < -0.4 is 11.1 Å². The van der Waals surface area contributed by atoms with Gasteiger partial charge in [0, 0.05) is 12.2 Å². The molecule has 0 saturated carbocycles. The Balaban J connectivity index is 2.74. The van der Waals surface area contributed by atoms with Crippen molar-refractivity contribution in [2.75, 3.05) is 0 Å². The minimum Gasteiger partial charge on any atom is -0.364 e. The highest BCUT2D eigenvalue weighted by molar-refractivity contribution is 5.95. The molecule has 1 unspecified atom stereocenters. The number of nitrogens with one attached hydrogen (secondary N) is 1. The number of nitrogens with zero attached hydrogens (tertiary/aromatic N) is 1. The second-order valence-electron chi connectivity index (χ2n) is 3.58. The molecule has 0 fully saturated rings. The first-order chi connectivity index (χ1) is 7.54. The molecule has 0 aliphatic carbocycles. The fourth-order valence-electron chi connectivity index (χ4n) is 1.08. The molecule has 86 valence electrons. The number of amides is 2. The first-order valence-corrected chi connectivity index (χ1v) is 5.11. The smallest absolute Gasteiger partial charge is 0.267 e. The van der Waals surface area contributed by atoms with Crippen molar-refractivity contribution < 1.29 is 9.59 Å². The van der Waals surface area contributed by atoms with Crippen LogP contribution in [0.5, 0.6) is 0 Å². The van der Waals surface area contributed by atoms with Crippen LogP contribution in [0.25, 0.3) is 0 Å². The Morgan fingerprint density at radius 1 is 1.50 bits per heavy atom. The third-order valence-corrected chi connectivity index (χ3v) is 2.27. The fraction of sp³-hybridized carbons (Fsp3) is 0.364. The van der Waals surface area contributed by atoms with Crippen LogP contribution in [0.4, 0.5) is 0 Å². The number of nitrogens with two attached hydrogens (primary N) is 1.